The molecule has 0 radical (unpaired) electrons. The molecular weight excluding hydrogens is 314 g/mol. The molecule has 2 aromatic carbocycles. The fraction of sp³-hybridized carbons (Fsp3) is 0.0625. The van der Waals surface area contributed by atoms with Crippen molar-refractivity contribution < 1.29 is 13.2 Å². The Hall–Kier alpha value is -2.80. The van der Waals surface area contributed by atoms with Gasteiger partial charge in [-0.05, 0) is 36.4 Å². The van der Waals surface area contributed by atoms with Gasteiger partial charge < -0.3 is 4.74 Å². The number of hydrogen-bond donors (Lipinski definition) is 1. The molecule has 0 unspecified atom stereocenters. The highest BCUT2D eigenvalue weighted by Gasteiger charge is 2.17. The molecule has 23 heavy (non-hydrogen) atoms. The van der Waals surface area contributed by atoms with Crippen LogP contribution < -0.4 is 9.46 Å². The van der Waals surface area contributed by atoms with Crippen molar-refractivity contribution in [2.24, 2.45) is 0 Å². The van der Waals surface area contributed by atoms with Crippen LogP contribution in [-0.4, -0.2) is 25.3 Å². The van der Waals surface area contributed by atoms with Crippen molar-refractivity contribution in [3.05, 3.63) is 67.0 Å². The van der Waals surface area contributed by atoms with E-state index in [0.29, 0.717) is 11.4 Å². The highest BCUT2D eigenvalue weighted by Crippen LogP contribution is 2.19. The van der Waals surface area contributed by atoms with E-state index in [1.54, 1.807) is 31.4 Å². The van der Waals surface area contributed by atoms with Crippen LogP contribution in [0.25, 0.3) is 5.69 Å². The summed E-state index contributed by atoms with van der Waals surface area (Å²) in [6.45, 7) is 0. The summed E-state index contributed by atoms with van der Waals surface area (Å²) < 4.78 is 33.9. The number of nitrogens with one attached hydrogen (secondary N) is 1. The molecule has 0 bridgehead atoms. The minimum absolute atomic E-state index is 0.0946. The zero-order chi connectivity index (χ0) is 16.3. The van der Waals surface area contributed by atoms with E-state index in [0.717, 1.165) is 5.69 Å². The van der Waals surface area contributed by atoms with Crippen LogP contribution in [-0.2, 0) is 10.0 Å². The molecular formula is C16H15N3O3S. The Morgan fingerprint density at radius 2 is 1.74 bits per heavy atom. The molecule has 0 aliphatic rings. The number of ether oxygens (including phenoxy) is 1. The van der Waals surface area contributed by atoms with E-state index in [1.807, 2.05) is 30.3 Å². The summed E-state index contributed by atoms with van der Waals surface area (Å²) in [6, 6.07) is 15.9. The maximum atomic E-state index is 12.4. The van der Waals surface area contributed by atoms with Crippen molar-refractivity contribution in [2.45, 2.75) is 4.90 Å². The summed E-state index contributed by atoms with van der Waals surface area (Å²) in [5, 5.41) is 4.10. The lowest BCUT2D eigenvalue weighted by atomic mass is 10.3. The minimum Gasteiger partial charge on any atom is -0.497 e. The molecule has 7 heteroatoms. The van der Waals surface area contributed by atoms with Gasteiger partial charge in [0, 0.05) is 5.69 Å². The van der Waals surface area contributed by atoms with Crippen molar-refractivity contribution in [3.8, 4) is 11.4 Å². The first kappa shape index (κ1) is 15.1. The molecule has 0 aliphatic carbocycles. The third-order valence-electron chi connectivity index (χ3n) is 3.23. The number of para-hydroxylation sites is 1. The number of nitrogens with zero attached hydrogens (tertiary/aromatic N) is 2. The molecule has 0 saturated carbocycles. The lowest BCUT2D eigenvalue weighted by Crippen LogP contribution is -2.12. The molecule has 1 N–H and O–H groups in total. The zero-order valence-electron chi connectivity index (χ0n) is 12.4. The van der Waals surface area contributed by atoms with Crippen LogP contribution in [0.3, 0.4) is 0 Å². The van der Waals surface area contributed by atoms with Gasteiger partial charge in [-0.15, -0.1) is 0 Å². The molecule has 3 rings (SSSR count). The summed E-state index contributed by atoms with van der Waals surface area (Å²) in [5.74, 6) is 0.657. The molecule has 1 heterocycles. The smallest absolute Gasteiger partial charge is 0.265 e. The van der Waals surface area contributed by atoms with E-state index in [-0.39, 0.29) is 4.90 Å². The summed E-state index contributed by atoms with van der Waals surface area (Å²) in [4.78, 5) is 0.0946. The maximum Gasteiger partial charge on any atom is 0.265 e. The van der Waals surface area contributed by atoms with Crippen LogP contribution in [0.2, 0.25) is 0 Å². The largest absolute Gasteiger partial charge is 0.497 e. The van der Waals surface area contributed by atoms with Crippen LogP contribution >= 0.6 is 0 Å². The van der Waals surface area contributed by atoms with Gasteiger partial charge in [0.1, 0.15) is 10.6 Å². The first-order valence-electron chi connectivity index (χ1n) is 6.85. The van der Waals surface area contributed by atoms with E-state index in [4.69, 9.17) is 4.74 Å². The Morgan fingerprint density at radius 3 is 2.39 bits per heavy atom. The molecule has 6 nitrogen and oxygen atoms in total. The summed E-state index contributed by atoms with van der Waals surface area (Å²) in [6.07, 6.45) is 2.79. The number of benzene rings is 2. The molecule has 118 valence electrons. The van der Waals surface area contributed by atoms with Crippen LogP contribution in [0.1, 0.15) is 0 Å². The second-order valence-corrected chi connectivity index (χ2v) is 6.47. The Bertz CT molecular complexity index is 888. The fourth-order valence-electron chi connectivity index (χ4n) is 2.04. The fourth-order valence-corrected chi connectivity index (χ4v) is 3.03. The number of aromatic nitrogens is 2. The molecule has 0 aliphatic heterocycles. The van der Waals surface area contributed by atoms with Crippen LogP contribution in [0, 0.1) is 0 Å². The summed E-state index contributed by atoms with van der Waals surface area (Å²) in [7, 11) is -2.14. The number of hydrogen-bond acceptors (Lipinski definition) is 4. The van der Waals surface area contributed by atoms with Gasteiger partial charge in [0.15, 0.2) is 0 Å². The monoisotopic (exact) mass is 329 g/mol. The number of sulfonamides is 1. The van der Waals surface area contributed by atoms with Gasteiger partial charge in [0.25, 0.3) is 10.0 Å². The normalized spacial score (nSPS) is 11.2. The third-order valence-corrected chi connectivity index (χ3v) is 4.57. The van der Waals surface area contributed by atoms with E-state index in [2.05, 4.69) is 9.82 Å². The second kappa shape index (κ2) is 6.13. The lowest BCUT2D eigenvalue weighted by Gasteiger charge is -2.07. The maximum absolute atomic E-state index is 12.4. The molecule has 0 saturated heterocycles. The van der Waals surface area contributed by atoms with Gasteiger partial charge in [-0.25, -0.2) is 13.1 Å². The van der Waals surface area contributed by atoms with E-state index < -0.39 is 10.0 Å². The highest BCUT2D eigenvalue weighted by molar-refractivity contribution is 7.92. The number of rotatable bonds is 5. The molecule has 0 fully saturated rings. The SMILES string of the molecule is COc1ccc(NS(=O)(=O)c2cnn(-c3ccccc3)c2)cc1. The van der Waals surface area contributed by atoms with E-state index in [9.17, 15) is 8.42 Å². The third kappa shape index (κ3) is 3.35. The van der Waals surface area contributed by atoms with Crippen molar-refractivity contribution in [1.29, 1.82) is 0 Å². The molecule has 3 aromatic rings. The van der Waals surface area contributed by atoms with Gasteiger partial charge in [-0.1, -0.05) is 18.2 Å². The topological polar surface area (TPSA) is 73.2 Å². The van der Waals surface area contributed by atoms with Crippen LogP contribution in [0.5, 0.6) is 5.75 Å². The predicted octanol–water partition coefficient (Wildman–Crippen LogP) is 2.68. The number of methoxy groups -OCH3 is 1. The van der Waals surface area contributed by atoms with Gasteiger partial charge >= 0.3 is 0 Å². The van der Waals surface area contributed by atoms with Gasteiger partial charge in [-0.3, -0.25) is 4.72 Å². The Labute approximate surface area is 134 Å². The quantitative estimate of drug-likeness (QED) is 0.781. The van der Waals surface area contributed by atoms with Gasteiger partial charge in [0.05, 0.1) is 25.2 Å². The van der Waals surface area contributed by atoms with Crippen molar-refractivity contribution in [3.63, 3.8) is 0 Å². The average molecular weight is 329 g/mol. The summed E-state index contributed by atoms with van der Waals surface area (Å²) in [5.41, 5.74) is 1.25. The zero-order valence-corrected chi connectivity index (χ0v) is 13.2. The Balaban J connectivity index is 1.83. The van der Waals surface area contributed by atoms with Crippen molar-refractivity contribution in [1.82, 2.24) is 9.78 Å². The first-order chi connectivity index (χ1) is 11.1. The van der Waals surface area contributed by atoms with Gasteiger partial charge in [-0.2, -0.15) is 5.10 Å². The lowest BCUT2D eigenvalue weighted by molar-refractivity contribution is 0.415. The minimum atomic E-state index is -3.69. The van der Waals surface area contributed by atoms with Crippen LogP contribution in [0.4, 0.5) is 5.69 Å². The van der Waals surface area contributed by atoms with Crippen molar-refractivity contribution in [2.75, 3.05) is 11.8 Å². The highest BCUT2D eigenvalue weighted by atomic mass is 32.2. The Morgan fingerprint density at radius 1 is 1.04 bits per heavy atom. The Kier molecular flexibility index (Phi) is 4.03. The van der Waals surface area contributed by atoms with Gasteiger partial charge in [0.2, 0.25) is 0 Å². The van der Waals surface area contributed by atoms with Crippen molar-refractivity contribution >= 4 is 15.7 Å². The molecule has 1 aromatic heterocycles. The number of anilines is 1. The summed E-state index contributed by atoms with van der Waals surface area (Å²) >= 11 is 0. The first-order valence-corrected chi connectivity index (χ1v) is 8.34. The molecule has 0 amide bonds. The van der Waals surface area contributed by atoms with E-state index in [1.165, 1.54) is 17.1 Å². The van der Waals surface area contributed by atoms with E-state index >= 15 is 0 Å². The molecule has 0 spiro atoms. The average Bonchev–Trinajstić information content (AvgIpc) is 3.07. The second-order valence-electron chi connectivity index (χ2n) is 4.79. The molecule has 0 atom stereocenters. The van der Waals surface area contributed by atoms with Crippen LogP contribution in [0.15, 0.2) is 71.9 Å². The predicted molar refractivity (Wildman–Crippen MR) is 87.4 cm³/mol. The standard InChI is InChI=1S/C16H15N3O3S/c1-22-15-9-7-13(8-10-15)18-23(20,21)16-11-17-19(12-16)14-5-3-2-4-6-14/h2-12,18H,1H3.